The molecule has 0 saturated carbocycles. The van der Waals surface area contributed by atoms with E-state index in [1.807, 2.05) is 54.6 Å². The number of nitro groups is 1. The van der Waals surface area contributed by atoms with Crippen LogP contribution in [-0.4, -0.2) is 34.0 Å². The summed E-state index contributed by atoms with van der Waals surface area (Å²) in [7, 11) is 1.80. The zero-order valence-electron chi connectivity index (χ0n) is 16.3. The molecule has 0 saturated heterocycles. The summed E-state index contributed by atoms with van der Waals surface area (Å²) in [6.07, 6.45) is 1.34. The van der Waals surface area contributed by atoms with E-state index in [2.05, 4.69) is 0 Å². The van der Waals surface area contributed by atoms with Crippen molar-refractivity contribution in [3.8, 4) is 0 Å². The normalized spacial score (nSPS) is 22.8. The van der Waals surface area contributed by atoms with E-state index in [1.165, 1.54) is 6.07 Å². The highest BCUT2D eigenvalue weighted by molar-refractivity contribution is 6.15. The number of carbonyl (C=O) groups excluding carboxylic acids is 1. The maximum atomic E-state index is 13.9. The zero-order chi connectivity index (χ0) is 20.9. The Bertz CT molecular complexity index is 1180. The fraction of sp³-hybridized carbons (Fsp3) is 0.217. The number of hydrogen-bond acceptors (Lipinski definition) is 6. The number of nitrogens with zero attached hydrogens (tertiary/aromatic N) is 3. The Morgan fingerprint density at radius 1 is 1.10 bits per heavy atom. The summed E-state index contributed by atoms with van der Waals surface area (Å²) in [5, 5.41) is 17.6. The van der Waals surface area contributed by atoms with Gasteiger partial charge in [0.05, 0.1) is 12.0 Å². The van der Waals surface area contributed by atoms with Crippen molar-refractivity contribution in [1.82, 2.24) is 5.01 Å². The molecule has 150 valence electrons. The number of ketones is 1. The van der Waals surface area contributed by atoms with E-state index >= 15 is 0 Å². The summed E-state index contributed by atoms with van der Waals surface area (Å²) >= 11 is 0. The average Bonchev–Trinajstić information content (AvgIpc) is 3.36. The summed E-state index contributed by atoms with van der Waals surface area (Å²) in [5.74, 6) is -0.426. The van der Waals surface area contributed by atoms with E-state index in [0.717, 1.165) is 17.5 Å². The standard InChI is InChI=1S/C23H19N3O4/c1-25-23(14-13-15-7-5-6-10-17(15)22(23)27)20(16-8-3-2-4-9-16)21(24-25)18-11-12-19(30-18)26(28)29/h2-12,20H,13-14H2,1H3/t20-,23?/m1/s1. The molecule has 1 aromatic heterocycles. The topological polar surface area (TPSA) is 88.9 Å². The minimum Gasteiger partial charge on any atom is -0.399 e. The lowest BCUT2D eigenvalue weighted by molar-refractivity contribution is -0.402. The van der Waals surface area contributed by atoms with E-state index in [9.17, 15) is 14.9 Å². The molecule has 1 spiro atoms. The first-order valence-corrected chi connectivity index (χ1v) is 9.77. The minimum atomic E-state index is -0.910. The van der Waals surface area contributed by atoms with E-state index < -0.39 is 16.4 Å². The lowest BCUT2D eigenvalue weighted by Crippen LogP contribution is -2.55. The molecule has 7 heteroatoms. The molecule has 0 N–H and O–H groups in total. The second-order valence-corrected chi connectivity index (χ2v) is 7.66. The van der Waals surface area contributed by atoms with Gasteiger partial charge in [-0.1, -0.05) is 54.6 Å². The van der Waals surface area contributed by atoms with E-state index in [1.54, 1.807) is 18.1 Å². The van der Waals surface area contributed by atoms with Gasteiger partial charge in [-0.2, -0.15) is 5.10 Å². The molecule has 0 fully saturated rings. The van der Waals surface area contributed by atoms with E-state index in [4.69, 9.17) is 9.52 Å². The molecular weight excluding hydrogens is 382 g/mol. The molecule has 0 bridgehead atoms. The Labute approximate surface area is 172 Å². The van der Waals surface area contributed by atoms with Gasteiger partial charge in [-0.15, -0.1) is 0 Å². The lowest BCUT2D eigenvalue weighted by Gasteiger charge is -2.42. The van der Waals surface area contributed by atoms with Gasteiger partial charge in [0, 0.05) is 12.6 Å². The van der Waals surface area contributed by atoms with Crippen molar-refractivity contribution in [3.05, 3.63) is 99.3 Å². The molecule has 0 amide bonds. The van der Waals surface area contributed by atoms with Crippen LogP contribution < -0.4 is 0 Å². The van der Waals surface area contributed by atoms with Gasteiger partial charge >= 0.3 is 5.88 Å². The number of hydrogen-bond donors (Lipinski definition) is 0. The van der Waals surface area contributed by atoms with Crippen molar-refractivity contribution < 1.29 is 14.1 Å². The van der Waals surface area contributed by atoms with Gasteiger partial charge in [0.25, 0.3) is 0 Å². The molecule has 2 heterocycles. The maximum absolute atomic E-state index is 13.9. The monoisotopic (exact) mass is 401 g/mol. The Morgan fingerprint density at radius 3 is 2.57 bits per heavy atom. The molecule has 1 aliphatic heterocycles. The highest BCUT2D eigenvalue weighted by atomic mass is 16.6. The fourth-order valence-corrected chi connectivity index (χ4v) is 4.77. The van der Waals surface area contributed by atoms with Gasteiger partial charge in [0.1, 0.15) is 16.2 Å². The van der Waals surface area contributed by atoms with Crippen LogP contribution in [0.3, 0.4) is 0 Å². The Balaban J connectivity index is 1.68. The predicted octanol–water partition coefficient (Wildman–Crippen LogP) is 4.19. The Kier molecular flexibility index (Phi) is 4.06. The third kappa shape index (κ3) is 2.51. The van der Waals surface area contributed by atoms with Crippen molar-refractivity contribution in [2.75, 3.05) is 7.05 Å². The van der Waals surface area contributed by atoms with Crippen LogP contribution in [-0.2, 0) is 6.42 Å². The van der Waals surface area contributed by atoms with Crippen LogP contribution in [0.5, 0.6) is 0 Å². The first kappa shape index (κ1) is 18.3. The zero-order valence-corrected chi connectivity index (χ0v) is 16.3. The van der Waals surface area contributed by atoms with E-state index in [-0.39, 0.29) is 11.7 Å². The van der Waals surface area contributed by atoms with Gasteiger partial charge in [-0.05, 0) is 30.0 Å². The summed E-state index contributed by atoms with van der Waals surface area (Å²) in [4.78, 5) is 24.4. The van der Waals surface area contributed by atoms with Crippen LogP contribution in [0.4, 0.5) is 5.88 Å². The molecule has 30 heavy (non-hydrogen) atoms. The van der Waals surface area contributed by atoms with Crippen molar-refractivity contribution >= 4 is 17.4 Å². The third-order valence-electron chi connectivity index (χ3n) is 6.17. The highest BCUT2D eigenvalue weighted by Gasteiger charge is 2.58. The molecule has 3 aromatic rings. The molecule has 1 aliphatic carbocycles. The number of likely N-dealkylation sites (N-methyl/N-ethyl adjacent to an activating group) is 1. The smallest absolute Gasteiger partial charge is 0.399 e. The molecule has 1 unspecified atom stereocenters. The van der Waals surface area contributed by atoms with Crippen LogP contribution in [0, 0.1) is 10.1 Å². The van der Waals surface area contributed by atoms with Crippen LogP contribution in [0.25, 0.3) is 0 Å². The molecular formula is C23H19N3O4. The Morgan fingerprint density at radius 2 is 1.83 bits per heavy atom. The number of rotatable bonds is 3. The summed E-state index contributed by atoms with van der Waals surface area (Å²) in [6.45, 7) is 0. The molecule has 2 atom stereocenters. The first-order valence-electron chi connectivity index (χ1n) is 9.77. The first-order chi connectivity index (χ1) is 14.5. The molecule has 5 rings (SSSR count). The number of Topliss-reactive ketones (excluding diaryl/α,β-unsaturated/α-hetero) is 1. The van der Waals surface area contributed by atoms with Gasteiger partial charge in [0.15, 0.2) is 11.5 Å². The second-order valence-electron chi connectivity index (χ2n) is 7.66. The van der Waals surface area contributed by atoms with Gasteiger partial charge in [-0.3, -0.25) is 19.9 Å². The van der Waals surface area contributed by atoms with Crippen molar-refractivity contribution in [3.63, 3.8) is 0 Å². The van der Waals surface area contributed by atoms with Gasteiger partial charge in [-0.25, -0.2) is 0 Å². The number of benzene rings is 2. The predicted molar refractivity (Wildman–Crippen MR) is 111 cm³/mol. The van der Waals surface area contributed by atoms with Gasteiger partial charge < -0.3 is 4.42 Å². The van der Waals surface area contributed by atoms with Crippen molar-refractivity contribution in [2.24, 2.45) is 5.10 Å². The second kappa shape index (κ2) is 6.66. The lowest BCUT2D eigenvalue weighted by atomic mass is 9.66. The quantitative estimate of drug-likeness (QED) is 0.485. The number of aryl methyl sites for hydroxylation is 1. The van der Waals surface area contributed by atoms with E-state index in [0.29, 0.717) is 23.5 Å². The van der Waals surface area contributed by atoms with Crippen molar-refractivity contribution in [1.29, 1.82) is 0 Å². The third-order valence-corrected chi connectivity index (χ3v) is 6.17. The summed E-state index contributed by atoms with van der Waals surface area (Å²) in [5.41, 5.74) is 2.29. The average molecular weight is 401 g/mol. The molecule has 0 radical (unpaired) electrons. The number of fused-ring (bicyclic) bond motifs is 1. The number of carbonyl (C=O) groups is 1. The van der Waals surface area contributed by atoms with Crippen LogP contribution in [0.1, 0.15) is 39.6 Å². The van der Waals surface area contributed by atoms with Crippen LogP contribution >= 0.6 is 0 Å². The fourth-order valence-electron chi connectivity index (χ4n) is 4.77. The maximum Gasteiger partial charge on any atom is 0.433 e. The molecule has 2 aliphatic rings. The summed E-state index contributed by atoms with van der Waals surface area (Å²) in [6, 6.07) is 20.2. The molecule has 7 nitrogen and oxygen atoms in total. The van der Waals surface area contributed by atoms with Crippen LogP contribution in [0.15, 0.2) is 76.2 Å². The number of hydrazone groups is 1. The summed E-state index contributed by atoms with van der Waals surface area (Å²) < 4.78 is 5.50. The van der Waals surface area contributed by atoms with Gasteiger partial charge in [0.2, 0.25) is 0 Å². The Hall–Kier alpha value is -3.74. The van der Waals surface area contributed by atoms with Crippen molar-refractivity contribution in [2.45, 2.75) is 24.3 Å². The minimum absolute atomic E-state index is 0.0144. The molecule has 2 aromatic carbocycles. The largest absolute Gasteiger partial charge is 0.433 e. The number of furan rings is 1. The SMILES string of the molecule is CN1N=C(c2ccc([N+](=O)[O-])o2)[C@@H](c2ccccc2)C12CCc1ccccc1C2=O. The highest BCUT2D eigenvalue weighted by Crippen LogP contribution is 2.48. The van der Waals surface area contributed by atoms with Crippen LogP contribution in [0.2, 0.25) is 0 Å².